The van der Waals surface area contributed by atoms with Crippen LogP contribution < -0.4 is 5.73 Å². The van der Waals surface area contributed by atoms with Crippen molar-refractivity contribution in [2.45, 2.75) is 13.0 Å². The largest absolute Gasteiger partial charge is 0.399 e. The number of rotatable bonds is 1. The van der Waals surface area contributed by atoms with Gasteiger partial charge in [0, 0.05) is 23.7 Å². The van der Waals surface area contributed by atoms with Crippen LogP contribution in [0.3, 0.4) is 0 Å². The van der Waals surface area contributed by atoms with E-state index in [0.29, 0.717) is 11.1 Å². The molecule has 1 aromatic carbocycles. The fourth-order valence-electron chi connectivity index (χ4n) is 2.63. The molecule has 1 aromatic heterocycles. The highest BCUT2D eigenvalue weighted by atomic mass is 32.2. The Labute approximate surface area is 122 Å². The Morgan fingerprint density at radius 2 is 2.24 bits per heavy atom. The highest BCUT2D eigenvalue weighted by molar-refractivity contribution is 7.91. The van der Waals surface area contributed by atoms with Gasteiger partial charge in [0.05, 0.1) is 17.0 Å². The summed E-state index contributed by atoms with van der Waals surface area (Å²) in [6, 6.07) is 4.82. The molecule has 1 atom stereocenters. The molecule has 1 aliphatic heterocycles. The van der Waals surface area contributed by atoms with Crippen LogP contribution in [0.4, 0.5) is 5.69 Å². The molecule has 1 aliphatic rings. The molecule has 112 valence electrons. The minimum Gasteiger partial charge on any atom is -0.399 e. The number of nitrogens with zero attached hydrogens (tertiary/aromatic N) is 2. The summed E-state index contributed by atoms with van der Waals surface area (Å²) in [5.74, 6) is -0.286. The first-order valence-electron chi connectivity index (χ1n) is 6.62. The number of benzene rings is 1. The Morgan fingerprint density at radius 1 is 1.48 bits per heavy atom. The van der Waals surface area contributed by atoms with E-state index in [0.717, 1.165) is 5.52 Å². The van der Waals surface area contributed by atoms with Crippen LogP contribution in [0.2, 0.25) is 0 Å². The summed E-state index contributed by atoms with van der Waals surface area (Å²) < 4.78 is 23.2. The van der Waals surface area contributed by atoms with Gasteiger partial charge in [0.2, 0.25) is 0 Å². The van der Waals surface area contributed by atoms with Crippen molar-refractivity contribution in [2.75, 3.05) is 23.8 Å². The first-order chi connectivity index (χ1) is 9.87. The van der Waals surface area contributed by atoms with E-state index in [1.807, 2.05) is 0 Å². The van der Waals surface area contributed by atoms with Gasteiger partial charge >= 0.3 is 0 Å². The fraction of sp³-hybridized carbons (Fsp3) is 0.385. The van der Waals surface area contributed by atoms with Crippen molar-refractivity contribution >= 4 is 32.3 Å². The van der Waals surface area contributed by atoms with Crippen LogP contribution >= 0.6 is 0 Å². The quantitative estimate of drug-likeness (QED) is 0.741. The van der Waals surface area contributed by atoms with Crippen LogP contribution in [-0.2, 0) is 9.84 Å². The Hall–Kier alpha value is -2.09. The zero-order chi connectivity index (χ0) is 15.2. The number of nitrogens with two attached hydrogens (primary N) is 1. The third-order valence-electron chi connectivity index (χ3n) is 3.72. The van der Waals surface area contributed by atoms with Gasteiger partial charge < -0.3 is 10.6 Å². The smallest absolute Gasteiger partial charge is 0.275 e. The molecule has 7 nitrogen and oxygen atoms in total. The highest BCUT2D eigenvalue weighted by Crippen LogP contribution is 2.22. The van der Waals surface area contributed by atoms with E-state index in [2.05, 4.69) is 10.2 Å². The molecule has 0 radical (unpaired) electrons. The number of anilines is 1. The molecule has 0 bridgehead atoms. The molecule has 0 spiro atoms. The topological polar surface area (TPSA) is 109 Å². The summed E-state index contributed by atoms with van der Waals surface area (Å²) in [5.41, 5.74) is 7.30. The maximum atomic E-state index is 12.6. The van der Waals surface area contributed by atoms with Crippen molar-refractivity contribution in [2.24, 2.45) is 0 Å². The lowest BCUT2D eigenvalue weighted by Gasteiger charge is -2.32. The summed E-state index contributed by atoms with van der Waals surface area (Å²) in [4.78, 5) is 14.2. The second-order valence-corrected chi connectivity index (χ2v) is 7.57. The lowest BCUT2D eigenvalue weighted by molar-refractivity contribution is 0.0708. The van der Waals surface area contributed by atoms with Gasteiger partial charge in [0.1, 0.15) is 0 Å². The van der Waals surface area contributed by atoms with Crippen LogP contribution in [0.1, 0.15) is 17.4 Å². The number of aromatic amines is 1. The molecule has 2 heterocycles. The number of carbonyl (C=O) groups is 1. The molecule has 0 saturated carbocycles. The van der Waals surface area contributed by atoms with Gasteiger partial charge in [0.15, 0.2) is 15.5 Å². The Balaban J connectivity index is 1.96. The Bertz CT molecular complexity index is 812. The lowest BCUT2D eigenvalue weighted by atomic mass is 10.1. The summed E-state index contributed by atoms with van der Waals surface area (Å²) >= 11 is 0. The summed E-state index contributed by atoms with van der Waals surface area (Å²) in [6.07, 6.45) is 0. The first kappa shape index (κ1) is 13.9. The molecule has 1 amide bonds. The number of carbonyl (C=O) groups excluding carboxylic acids is 1. The third kappa shape index (κ3) is 2.46. The average Bonchev–Trinajstić information content (AvgIpc) is 2.79. The molecule has 3 rings (SSSR count). The molecule has 1 fully saturated rings. The number of hydrogen-bond acceptors (Lipinski definition) is 5. The maximum absolute atomic E-state index is 12.6. The van der Waals surface area contributed by atoms with Gasteiger partial charge in [-0.25, -0.2) is 8.42 Å². The number of sulfone groups is 1. The zero-order valence-electron chi connectivity index (χ0n) is 11.5. The van der Waals surface area contributed by atoms with E-state index < -0.39 is 9.84 Å². The van der Waals surface area contributed by atoms with Crippen molar-refractivity contribution in [3.05, 3.63) is 23.9 Å². The molecule has 2 aromatic rings. The number of hydrogen-bond donors (Lipinski definition) is 2. The van der Waals surface area contributed by atoms with Gasteiger partial charge in [0.25, 0.3) is 5.91 Å². The molecule has 8 heteroatoms. The molecular formula is C13H16N4O3S. The Kier molecular flexibility index (Phi) is 3.12. The van der Waals surface area contributed by atoms with Gasteiger partial charge in [-0.1, -0.05) is 0 Å². The van der Waals surface area contributed by atoms with Crippen molar-refractivity contribution in [1.29, 1.82) is 0 Å². The van der Waals surface area contributed by atoms with Crippen LogP contribution in [0, 0.1) is 0 Å². The van der Waals surface area contributed by atoms with E-state index in [-0.39, 0.29) is 35.7 Å². The predicted octanol–water partition coefficient (Wildman–Crippen LogP) is 0.404. The monoisotopic (exact) mass is 308 g/mol. The minimum atomic E-state index is -3.06. The zero-order valence-corrected chi connectivity index (χ0v) is 12.4. The number of H-pyrrole nitrogens is 1. The van der Waals surface area contributed by atoms with Gasteiger partial charge in [-0.05, 0) is 25.1 Å². The summed E-state index contributed by atoms with van der Waals surface area (Å²) in [7, 11) is -3.06. The average molecular weight is 308 g/mol. The number of nitrogens with one attached hydrogen (secondary N) is 1. The third-order valence-corrected chi connectivity index (χ3v) is 5.52. The van der Waals surface area contributed by atoms with E-state index in [4.69, 9.17) is 5.73 Å². The summed E-state index contributed by atoms with van der Waals surface area (Å²) in [6.45, 7) is 1.93. The molecule has 0 aliphatic carbocycles. The van der Waals surface area contributed by atoms with Crippen LogP contribution in [0.15, 0.2) is 18.2 Å². The minimum absolute atomic E-state index is 0.00637. The highest BCUT2D eigenvalue weighted by Gasteiger charge is 2.33. The van der Waals surface area contributed by atoms with Crippen molar-refractivity contribution < 1.29 is 13.2 Å². The van der Waals surface area contributed by atoms with Crippen LogP contribution in [0.5, 0.6) is 0 Å². The first-order valence-corrected chi connectivity index (χ1v) is 8.44. The second-order valence-electron chi connectivity index (χ2n) is 5.34. The lowest BCUT2D eigenvalue weighted by Crippen LogP contribution is -2.49. The molecular weight excluding hydrogens is 292 g/mol. The van der Waals surface area contributed by atoms with Crippen molar-refractivity contribution in [1.82, 2.24) is 15.1 Å². The Morgan fingerprint density at radius 3 is 2.95 bits per heavy atom. The predicted molar refractivity (Wildman–Crippen MR) is 79.7 cm³/mol. The summed E-state index contributed by atoms with van der Waals surface area (Å²) in [5, 5.41) is 7.51. The van der Waals surface area contributed by atoms with E-state index >= 15 is 0 Å². The second kappa shape index (κ2) is 4.73. The number of aromatic nitrogens is 2. The number of fused-ring (bicyclic) bond motifs is 1. The fourth-order valence-corrected chi connectivity index (χ4v) is 4.19. The standard InChI is InChI=1S/C13H16N4O3S/c1-8-7-21(19,20)5-4-17(8)13(18)12-10-6-9(14)2-3-11(10)15-16-12/h2-3,6,8H,4-5,7,14H2,1H3,(H,15,16). The maximum Gasteiger partial charge on any atom is 0.275 e. The van der Waals surface area contributed by atoms with Gasteiger partial charge in [-0.2, -0.15) is 5.10 Å². The molecule has 21 heavy (non-hydrogen) atoms. The van der Waals surface area contributed by atoms with Crippen LogP contribution in [0.25, 0.3) is 10.9 Å². The molecule has 3 N–H and O–H groups in total. The number of amides is 1. The SMILES string of the molecule is CC1CS(=O)(=O)CCN1C(=O)c1n[nH]c2ccc(N)cc12. The van der Waals surface area contributed by atoms with Gasteiger partial charge in [-0.3, -0.25) is 9.89 Å². The van der Waals surface area contributed by atoms with E-state index in [1.165, 1.54) is 0 Å². The van der Waals surface area contributed by atoms with Gasteiger partial charge in [-0.15, -0.1) is 0 Å². The molecule has 1 unspecified atom stereocenters. The molecule has 1 saturated heterocycles. The van der Waals surface area contributed by atoms with Crippen LogP contribution in [-0.4, -0.2) is 53.5 Å². The van der Waals surface area contributed by atoms with E-state index in [9.17, 15) is 13.2 Å². The number of nitrogen functional groups attached to an aromatic ring is 1. The van der Waals surface area contributed by atoms with E-state index in [1.54, 1.807) is 30.0 Å². The van der Waals surface area contributed by atoms with Crippen molar-refractivity contribution in [3.63, 3.8) is 0 Å². The normalized spacial score (nSPS) is 21.6. The van der Waals surface area contributed by atoms with Crippen molar-refractivity contribution in [3.8, 4) is 0 Å².